The lowest BCUT2D eigenvalue weighted by Gasteiger charge is -2.35. The lowest BCUT2D eigenvalue weighted by atomic mass is 9.89. The zero-order chi connectivity index (χ0) is 29.2. The minimum Gasteiger partial charge on any atom is -0.444 e. The molecule has 6 nitrogen and oxygen atoms in total. The Morgan fingerprint density at radius 1 is 0.897 bits per heavy atom. The Morgan fingerprint density at radius 3 is 1.90 bits per heavy atom. The van der Waals surface area contributed by atoms with E-state index < -0.39 is 41.1 Å². The van der Waals surface area contributed by atoms with Crippen LogP contribution in [0, 0.1) is 0 Å². The van der Waals surface area contributed by atoms with Crippen LogP contribution in [0.2, 0.25) is 0 Å². The van der Waals surface area contributed by atoms with Gasteiger partial charge in [-0.3, -0.25) is 0 Å². The number of rotatable bonds is 2. The van der Waals surface area contributed by atoms with Crippen LogP contribution in [0.3, 0.4) is 0 Å². The minimum atomic E-state index is -4.45. The second kappa shape index (κ2) is 11.7. The molecule has 12 heteroatoms. The molecule has 0 radical (unpaired) electrons. The standard InChI is InChI=1S/C16H20F3NO3.C11H12F3NO/c1-15(2,3)23-14(22)20-7-10-6-12(16(17,18)19)4-5-13(10)11(8-20)9-21;12-11(13,14)9-1-2-10-7(3-9)4-15-5-8(10)6-16/h4-6,11,21H,7-9H2,1-3H3;1-3,8,15-16H,4-6H2. The summed E-state index contributed by atoms with van der Waals surface area (Å²) in [4.78, 5) is 13.5. The molecule has 0 spiro atoms. The molecule has 4 rings (SSSR count). The number of amides is 1. The van der Waals surface area contributed by atoms with Crippen molar-refractivity contribution in [2.24, 2.45) is 0 Å². The molecule has 2 aromatic rings. The van der Waals surface area contributed by atoms with Crippen molar-refractivity contribution in [3.8, 4) is 0 Å². The summed E-state index contributed by atoms with van der Waals surface area (Å²) in [6.45, 7) is 6.12. The van der Waals surface area contributed by atoms with E-state index in [0.717, 1.165) is 29.8 Å². The topological polar surface area (TPSA) is 82.0 Å². The number of aliphatic hydroxyl groups is 2. The van der Waals surface area contributed by atoms with E-state index in [4.69, 9.17) is 9.84 Å². The van der Waals surface area contributed by atoms with Gasteiger partial charge in [0, 0.05) is 38.0 Å². The van der Waals surface area contributed by atoms with E-state index >= 15 is 0 Å². The first-order valence-corrected chi connectivity index (χ1v) is 12.3. The van der Waals surface area contributed by atoms with E-state index in [1.54, 1.807) is 20.8 Å². The molecule has 0 aliphatic carbocycles. The number of nitrogens with zero attached hydrogens (tertiary/aromatic N) is 1. The highest BCUT2D eigenvalue weighted by molar-refractivity contribution is 5.69. The van der Waals surface area contributed by atoms with Crippen molar-refractivity contribution in [2.75, 3.05) is 26.3 Å². The first kappa shape index (κ1) is 30.7. The number of alkyl halides is 6. The van der Waals surface area contributed by atoms with Gasteiger partial charge in [0.25, 0.3) is 0 Å². The van der Waals surface area contributed by atoms with Gasteiger partial charge in [-0.1, -0.05) is 12.1 Å². The molecule has 0 aromatic heterocycles. The summed E-state index contributed by atoms with van der Waals surface area (Å²) in [5.41, 5.74) is 0.371. The summed E-state index contributed by atoms with van der Waals surface area (Å²) < 4.78 is 81.2. The smallest absolute Gasteiger partial charge is 0.416 e. The SMILES string of the molecule is CC(C)(C)OC(=O)N1Cc2cc(C(F)(F)F)ccc2C(CO)C1.OCC1CNCc2cc(C(F)(F)F)ccc21. The lowest BCUT2D eigenvalue weighted by molar-refractivity contribution is -0.138. The van der Waals surface area contributed by atoms with Gasteiger partial charge < -0.3 is 25.2 Å². The number of benzene rings is 2. The summed E-state index contributed by atoms with van der Waals surface area (Å²) in [5, 5.41) is 21.6. The number of fused-ring (bicyclic) bond motifs is 2. The van der Waals surface area contributed by atoms with E-state index in [-0.39, 0.29) is 32.2 Å². The number of halogens is 6. The molecule has 2 aliphatic heterocycles. The molecular formula is C27H32F6N2O4. The van der Waals surface area contributed by atoms with Crippen molar-refractivity contribution in [3.05, 3.63) is 69.8 Å². The van der Waals surface area contributed by atoms with E-state index in [1.807, 2.05) is 0 Å². The second-order valence-corrected chi connectivity index (χ2v) is 10.6. The molecule has 3 N–H and O–H groups in total. The van der Waals surface area contributed by atoms with Crippen LogP contribution in [0.5, 0.6) is 0 Å². The van der Waals surface area contributed by atoms with Gasteiger partial charge in [-0.15, -0.1) is 0 Å². The largest absolute Gasteiger partial charge is 0.444 e. The van der Waals surface area contributed by atoms with Crippen molar-refractivity contribution < 1.29 is 46.1 Å². The summed E-state index contributed by atoms with van der Waals surface area (Å²) in [6.07, 6.45) is -9.35. The van der Waals surface area contributed by atoms with Crippen molar-refractivity contribution in [1.82, 2.24) is 10.2 Å². The van der Waals surface area contributed by atoms with Gasteiger partial charge in [0.15, 0.2) is 0 Å². The molecule has 2 unspecified atom stereocenters. The minimum absolute atomic E-state index is 0.0324. The van der Waals surface area contributed by atoms with Gasteiger partial charge >= 0.3 is 18.4 Å². The fourth-order valence-corrected chi connectivity index (χ4v) is 4.56. The van der Waals surface area contributed by atoms with Gasteiger partial charge in [-0.2, -0.15) is 26.3 Å². The molecule has 0 saturated carbocycles. The molecule has 39 heavy (non-hydrogen) atoms. The molecule has 216 valence electrons. The Bertz CT molecular complexity index is 1160. The van der Waals surface area contributed by atoms with E-state index in [0.29, 0.717) is 29.8 Å². The highest BCUT2D eigenvalue weighted by Crippen LogP contribution is 2.36. The summed E-state index contributed by atoms with van der Waals surface area (Å²) in [6, 6.07) is 7.13. The Kier molecular flexibility index (Phi) is 9.24. The zero-order valence-corrected chi connectivity index (χ0v) is 21.8. The zero-order valence-electron chi connectivity index (χ0n) is 21.8. The number of nitrogens with one attached hydrogen (secondary N) is 1. The average molecular weight is 563 g/mol. The average Bonchev–Trinajstić information content (AvgIpc) is 2.85. The van der Waals surface area contributed by atoms with Crippen LogP contribution in [0.1, 0.15) is 66.0 Å². The molecular weight excluding hydrogens is 530 g/mol. The molecule has 1 amide bonds. The lowest BCUT2D eigenvalue weighted by Crippen LogP contribution is -2.42. The van der Waals surface area contributed by atoms with Crippen LogP contribution in [0.25, 0.3) is 0 Å². The molecule has 0 saturated heterocycles. The highest BCUT2D eigenvalue weighted by atomic mass is 19.4. The number of ether oxygens (including phenoxy) is 1. The third-order valence-electron chi connectivity index (χ3n) is 6.42. The predicted octanol–water partition coefficient (Wildman–Crippen LogP) is 5.42. The van der Waals surface area contributed by atoms with Crippen LogP contribution in [-0.2, 0) is 30.2 Å². The fourth-order valence-electron chi connectivity index (χ4n) is 4.56. The van der Waals surface area contributed by atoms with Crippen LogP contribution in [-0.4, -0.2) is 53.1 Å². The molecule has 2 aliphatic rings. The third-order valence-corrected chi connectivity index (χ3v) is 6.42. The van der Waals surface area contributed by atoms with E-state index in [9.17, 15) is 36.2 Å². The monoisotopic (exact) mass is 562 g/mol. The molecule has 0 bridgehead atoms. The van der Waals surface area contributed by atoms with E-state index in [2.05, 4.69) is 5.32 Å². The van der Waals surface area contributed by atoms with Gasteiger partial charge in [0.1, 0.15) is 5.60 Å². The second-order valence-electron chi connectivity index (χ2n) is 10.6. The maximum absolute atomic E-state index is 12.9. The first-order valence-electron chi connectivity index (χ1n) is 12.3. The van der Waals surface area contributed by atoms with Crippen LogP contribution in [0.15, 0.2) is 36.4 Å². The number of hydrogen-bond acceptors (Lipinski definition) is 5. The first-order chi connectivity index (χ1) is 18.0. The molecule has 2 atom stereocenters. The van der Waals surface area contributed by atoms with E-state index in [1.165, 1.54) is 17.0 Å². The van der Waals surface area contributed by atoms with Crippen LogP contribution < -0.4 is 5.32 Å². The molecule has 2 aromatic carbocycles. The van der Waals surface area contributed by atoms with Gasteiger partial charge in [0.05, 0.1) is 24.3 Å². The highest BCUT2D eigenvalue weighted by Gasteiger charge is 2.35. The maximum Gasteiger partial charge on any atom is 0.416 e. The number of aliphatic hydroxyl groups excluding tert-OH is 2. The summed E-state index contributed by atoms with van der Waals surface area (Å²) in [5.74, 6) is -0.528. The Balaban J connectivity index is 0.000000230. The maximum atomic E-state index is 12.9. The van der Waals surface area contributed by atoms with Gasteiger partial charge in [0.2, 0.25) is 0 Å². The predicted molar refractivity (Wildman–Crippen MR) is 131 cm³/mol. The van der Waals surface area contributed by atoms with Crippen LogP contribution in [0.4, 0.5) is 31.1 Å². The summed E-state index contributed by atoms with van der Waals surface area (Å²) in [7, 11) is 0. The third kappa shape index (κ3) is 7.86. The van der Waals surface area contributed by atoms with Crippen molar-refractivity contribution >= 4 is 6.09 Å². The Labute approximate surface area is 222 Å². The van der Waals surface area contributed by atoms with Gasteiger partial charge in [-0.25, -0.2) is 4.79 Å². The van der Waals surface area contributed by atoms with Gasteiger partial charge in [-0.05, 0) is 67.3 Å². The number of carbonyl (C=O) groups is 1. The summed E-state index contributed by atoms with van der Waals surface area (Å²) >= 11 is 0. The Morgan fingerprint density at radius 2 is 1.41 bits per heavy atom. The number of carbonyl (C=O) groups excluding carboxylic acids is 1. The fraction of sp³-hybridized carbons (Fsp3) is 0.519. The number of hydrogen-bond donors (Lipinski definition) is 3. The normalized spacial score (nSPS) is 19.4. The van der Waals surface area contributed by atoms with Crippen molar-refractivity contribution in [3.63, 3.8) is 0 Å². The molecule has 0 fully saturated rings. The quantitative estimate of drug-likeness (QED) is 0.426. The van der Waals surface area contributed by atoms with Crippen LogP contribution >= 0.6 is 0 Å². The molecule has 2 heterocycles. The van der Waals surface area contributed by atoms with Crippen molar-refractivity contribution in [2.45, 2.75) is 63.7 Å². The Hall–Kier alpha value is -2.83. The van der Waals surface area contributed by atoms with Crippen molar-refractivity contribution in [1.29, 1.82) is 0 Å².